The third-order valence-corrected chi connectivity index (χ3v) is 8.20. The molecule has 1 saturated heterocycles. The number of morpholine rings is 1. The van der Waals surface area contributed by atoms with E-state index in [1.54, 1.807) is 41.0 Å². The Bertz CT molecular complexity index is 1570. The maximum Gasteiger partial charge on any atom is 0.310 e. The third-order valence-electron chi connectivity index (χ3n) is 7.05. The first kappa shape index (κ1) is 25.5. The maximum atomic E-state index is 13.6. The molecule has 39 heavy (non-hydrogen) atoms. The second-order valence-corrected chi connectivity index (χ2v) is 12.4. The number of nitrogens with zero attached hydrogens (tertiary/aromatic N) is 5. The van der Waals surface area contributed by atoms with E-state index >= 15 is 0 Å². The lowest BCUT2D eigenvalue weighted by Gasteiger charge is -2.43. The standard InChI is InChI=1S/C25H24F5N5O3S/c1-16-31-15-35(32-16)20-8-7-17(11-21(20)36-3)12-22-23-33-38-24(2,34(23)14-25(37-22)9-10-25)18-5-4-6-19(13-18)39(26,27,28,29)30/h4-8,11-13,15H,9-10,14H2,1-3H3/b22-12-. The molecule has 0 radical (unpaired) electrons. The first-order valence-corrected chi connectivity index (χ1v) is 13.9. The van der Waals surface area contributed by atoms with Crippen molar-refractivity contribution in [1.82, 2.24) is 19.7 Å². The number of ether oxygens (including phenoxy) is 2. The van der Waals surface area contributed by atoms with Gasteiger partial charge in [0.15, 0.2) is 5.76 Å². The fourth-order valence-corrected chi connectivity index (χ4v) is 5.43. The zero-order chi connectivity index (χ0) is 27.9. The molecule has 0 bridgehead atoms. The van der Waals surface area contributed by atoms with Crippen LogP contribution in [0.3, 0.4) is 0 Å². The van der Waals surface area contributed by atoms with E-state index in [4.69, 9.17) is 14.3 Å². The Balaban J connectivity index is 1.37. The zero-order valence-corrected chi connectivity index (χ0v) is 21.9. The lowest BCUT2D eigenvalue weighted by Crippen LogP contribution is -2.53. The number of oxime groups is 1. The number of aryl methyl sites for hydroxylation is 1. The van der Waals surface area contributed by atoms with Gasteiger partial charge in [0.25, 0.3) is 0 Å². The van der Waals surface area contributed by atoms with E-state index in [2.05, 4.69) is 15.2 Å². The van der Waals surface area contributed by atoms with Gasteiger partial charge >= 0.3 is 10.2 Å². The van der Waals surface area contributed by atoms with Crippen LogP contribution in [0.1, 0.15) is 36.7 Å². The van der Waals surface area contributed by atoms with Crippen molar-refractivity contribution in [2.24, 2.45) is 5.16 Å². The monoisotopic (exact) mass is 569 g/mol. The number of hydrogen-bond acceptors (Lipinski definition) is 7. The number of benzene rings is 2. The number of halogens is 5. The van der Waals surface area contributed by atoms with Crippen molar-refractivity contribution >= 4 is 22.1 Å². The molecule has 6 rings (SSSR count). The number of methoxy groups -OCH3 is 1. The molecule has 1 atom stereocenters. The quantitative estimate of drug-likeness (QED) is 0.320. The number of hydrogen-bond donors (Lipinski definition) is 0. The predicted molar refractivity (Wildman–Crippen MR) is 134 cm³/mol. The summed E-state index contributed by atoms with van der Waals surface area (Å²) >= 11 is 0. The van der Waals surface area contributed by atoms with Gasteiger partial charge in [0.2, 0.25) is 11.6 Å². The number of aromatic nitrogens is 3. The summed E-state index contributed by atoms with van der Waals surface area (Å²) < 4.78 is 81.3. The third kappa shape index (κ3) is 4.45. The van der Waals surface area contributed by atoms with Crippen molar-refractivity contribution in [1.29, 1.82) is 0 Å². The van der Waals surface area contributed by atoms with Crippen molar-refractivity contribution in [2.75, 3.05) is 13.7 Å². The summed E-state index contributed by atoms with van der Waals surface area (Å²) in [6, 6.07) is 8.47. The van der Waals surface area contributed by atoms with Crippen LogP contribution in [0, 0.1) is 6.92 Å². The number of rotatable bonds is 5. The molecule has 3 aromatic rings. The van der Waals surface area contributed by atoms with Crippen LogP contribution in [0.2, 0.25) is 0 Å². The Labute approximate surface area is 220 Å². The van der Waals surface area contributed by atoms with Gasteiger partial charge in [-0.3, -0.25) is 0 Å². The van der Waals surface area contributed by atoms with Crippen molar-refractivity contribution in [3.05, 3.63) is 71.5 Å². The maximum absolute atomic E-state index is 13.6. The van der Waals surface area contributed by atoms with E-state index in [1.807, 2.05) is 6.07 Å². The molecule has 8 nitrogen and oxygen atoms in total. The van der Waals surface area contributed by atoms with E-state index in [-0.39, 0.29) is 17.9 Å². The van der Waals surface area contributed by atoms with Crippen molar-refractivity contribution in [3.8, 4) is 11.4 Å². The highest BCUT2D eigenvalue weighted by Gasteiger charge is 2.66. The summed E-state index contributed by atoms with van der Waals surface area (Å²) in [5.41, 5.74) is -0.875. The minimum absolute atomic E-state index is 0.0989. The second kappa shape index (κ2) is 7.43. The Morgan fingerprint density at radius 2 is 1.85 bits per heavy atom. The van der Waals surface area contributed by atoms with Crippen molar-refractivity contribution in [3.63, 3.8) is 0 Å². The highest BCUT2D eigenvalue weighted by atomic mass is 32.5. The van der Waals surface area contributed by atoms with Gasteiger partial charge in [-0.2, -0.15) is 5.10 Å². The molecule has 0 amide bonds. The molecule has 14 heteroatoms. The first-order valence-electron chi connectivity index (χ1n) is 12.0. The van der Waals surface area contributed by atoms with Crippen LogP contribution in [-0.2, 0) is 15.3 Å². The molecule has 1 unspecified atom stereocenters. The van der Waals surface area contributed by atoms with Crippen LogP contribution < -0.4 is 4.74 Å². The Morgan fingerprint density at radius 3 is 2.49 bits per heavy atom. The molecule has 1 aromatic heterocycles. The van der Waals surface area contributed by atoms with Gasteiger partial charge in [0.05, 0.1) is 13.7 Å². The van der Waals surface area contributed by atoms with Crippen LogP contribution in [0.5, 0.6) is 5.75 Å². The van der Waals surface area contributed by atoms with Gasteiger partial charge in [-0.05, 0) is 55.7 Å². The predicted octanol–water partition coefficient (Wildman–Crippen LogP) is 6.66. The normalized spacial score (nSPS) is 24.4. The molecular weight excluding hydrogens is 545 g/mol. The van der Waals surface area contributed by atoms with Gasteiger partial charge in [0, 0.05) is 12.5 Å². The molecule has 208 valence electrons. The summed E-state index contributed by atoms with van der Waals surface area (Å²) in [7, 11) is -8.38. The minimum atomic E-state index is -9.90. The van der Waals surface area contributed by atoms with E-state index in [9.17, 15) is 19.4 Å². The van der Waals surface area contributed by atoms with Crippen LogP contribution in [0.4, 0.5) is 19.4 Å². The SMILES string of the molecule is COc1cc(/C=C2\OC3(CC3)CN3C2=NOC3(C)c2cccc(S(F)(F)(F)(F)F)c2)ccc1-n1cnc(C)n1. The summed E-state index contributed by atoms with van der Waals surface area (Å²) in [6.07, 6.45) is 4.72. The highest BCUT2D eigenvalue weighted by molar-refractivity contribution is 8.45. The Morgan fingerprint density at radius 1 is 1.08 bits per heavy atom. The molecule has 1 aliphatic carbocycles. The molecule has 2 fully saturated rings. The largest absolute Gasteiger partial charge is 0.494 e. The molecule has 1 spiro atoms. The molecule has 2 aromatic carbocycles. The van der Waals surface area contributed by atoms with Crippen LogP contribution >= 0.6 is 10.2 Å². The second-order valence-electron chi connectivity index (χ2n) is 10.0. The van der Waals surface area contributed by atoms with Crippen LogP contribution in [0.15, 0.2) is 64.6 Å². The average molecular weight is 570 g/mol. The summed E-state index contributed by atoms with van der Waals surface area (Å²) in [5.74, 6) is 1.72. The topological polar surface area (TPSA) is 74.0 Å². The Kier molecular flexibility index (Phi) is 4.85. The lowest BCUT2D eigenvalue weighted by atomic mass is 10.0. The average Bonchev–Trinajstić information content (AvgIpc) is 3.30. The van der Waals surface area contributed by atoms with Gasteiger partial charge in [0.1, 0.15) is 34.1 Å². The van der Waals surface area contributed by atoms with Gasteiger partial charge in [-0.1, -0.05) is 42.8 Å². The number of fused-ring (bicyclic) bond motifs is 1. The first-order chi connectivity index (χ1) is 18.1. The zero-order valence-electron chi connectivity index (χ0n) is 21.1. The van der Waals surface area contributed by atoms with E-state index < -0.39 is 26.4 Å². The van der Waals surface area contributed by atoms with E-state index in [0.29, 0.717) is 53.6 Å². The molecule has 0 N–H and O–H groups in total. The highest BCUT2D eigenvalue weighted by Crippen LogP contribution is 3.02. The molecule has 2 aliphatic heterocycles. The lowest BCUT2D eigenvalue weighted by molar-refractivity contribution is -0.109. The molecular formula is C25H24F5N5O3S. The van der Waals surface area contributed by atoms with Crippen LogP contribution in [0.25, 0.3) is 11.8 Å². The molecule has 3 heterocycles. The molecule has 1 saturated carbocycles. The Hall–Kier alpha value is -3.81. The van der Waals surface area contributed by atoms with E-state index in [0.717, 1.165) is 6.07 Å². The van der Waals surface area contributed by atoms with Crippen molar-refractivity contribution < 1.29 is 33.7 Å². The minimum Gasteiger partial charge on any atom is -0.494 e. The van der Waals surface area contributed by atoms with Gasteiger partial charge < -0.3 is 19.2 Å². The summed E-state index contributed by atoms with van der Waals surface area (Å²) in [6.45, 7) is 3.55. The molecule has 3 aliphatic rings. The summed E-state index contributed by atoms with van der Waals surface area (Å²) in [4.78, 5) is 9.50. The van der Waals surface area contributed by atoms with E-state index in [1.165, 1.54) is 20.1 Å². The summed E-state index contributed by atoms with van der Waals surface area (Å²) in [5, 5.41) is 8.44. The smallest absolute Gasteiger partial charge is 0.310 e. The fourth-order valence-electron chi connectivity index (χ4n) is 4.75. The van der Waals surface area contributed by atoms with Crippen molar-refractivity contribution in [2.45, 2.75) is 42.9 Å². The number of amidine groups is 1. The van der Waals surface area contributed by atoms with Crippen LogP contribution in [-0.4, -0.2) is 44.8 Å². The van der Waals surface area contributed by atoms with Gasteiger partial charge in [-0.25, -0.2) is 9.67 Å². The fraction of sp³-hybridized carbons (Fsp3) is 0.320. The van der Waals surface area contributed by atoms with Gasteiger partial charge in [-0.15, -0.1) is 0 Å².